The van der Waals surface area contributed by atoms with Crippen LogP contribution < -0.4 is 4.48 Å². The first-order valence-electron chi connectivity index (χ1n) is 7.29. The summed E-state index contributed by atoms with van der Waals surface area (Å²) < 4.78 is 1.25. The van der Waals surface area contributed by atoms with Gasteiger partial charge in [0.1, 0.15) is 5.69 Å². The number of quaternary nitrogens is 1. The number of benzene rings is 1. The predicted molar refractivity (Wildman–Crippen MR) is 76.2 cm³/mol. The van der Waals surface area contributed by atoms with E-state index in [1.54, 1.807) is 5.69 Å². The van der Waals surface area contributed by atoms with Gasteiger partial charge in [0.2, 0.25) is 0 Å². The van der Waals surface area contributed by atoms with Gasteiger partial charge in [-0.25, -0.2) is 0 Å². The summed E-state index contributed by atoms with van der Waals surface area (Å²) in [5.41, 5.74) is 1.54. The van der Waals surface area contributed by atoms with Crippen LogP contribution in [0.4, 0.5) is 5.69 Å². The van der Waals surface area contributed by atoms with Crippen molar-refractivity contribution in [2.45, 2.75) is 45.4 Å². The van der Waals surface area contributed by atoms with Crippen LogP contribution in [0.3, 0.4) is 0 Å². The maximum Gasteiger partial charge on any atom is 0.132 e. The van der Waals surface area contributed by atoms with Gasteiger partial charge in [-0.15, -0.1) is 0 Å². The van der Waals surface area contributed by atoms with Crippen LogP contribution in [-0.2, 0) is 0 Å². The molecule has 17 heavy (non-hydrogen) atoms. The van der Waals surface area contributed by atoms with E-state index in [0.29, 0.717) is 0 Å². The standard InChI is InChI=1S/C16H26N/c1-2-3-8-13-17(14-9-5-10-15-17)16-11-6-4-7-12-16/h4,6-7,11-12H,2-3,5,8-10,13-15H2,1H3/q+1. The van der Waals surface area contributed by atoms with Crippen molar-refractivity contribution in [1.29, 1.82) is 0 Å². The summed E-state index contributed by atoms with van der Waals surface area (Å²) in [6.07, 6.45) is 8.33. The van der Waals surface area contributed by atoms with Crippen molar-refractivity contribution in [1.82, 2.24) is 4.48 Å². The van der Waals surface area contributed by atoms with E-state index in [2.05, 4.69) is 37.3 Å². The number of nitrogens with zero attached hydrogens (tertiary/aromatic N) is 1. The molecule has 0 aromatic heterocycles. The molecule has 2 rings (SSSR count). The van der Waals surface area contributed by atoms with E-state index in [9.17, 15) is 0 Å². The number of unbranched alkanes of at least 4 members (excludes halogenated alkanes) is 2. The number of likely N-dealkylation sites (tertiary alicyclic amines) is 1. The van der Waals surface area contributed by atoms with Crippen molar-refractivity contribution in [3.63, 3.8) is 0 Å². The minimum absolute atomic E-state index is 1.25. The normalized spacial score (nSPS) is 19.1. The molecule has 1 aliphatic rings. The van der Waals surface area contributed by atoms with Gasteiger partial charge in [0.05, 0.1) is 19.6 Å². The maximum atomic E-state index is 2.33. The summed E-state index contributed by atoms with van der Waals surface area (Å²) in [5.74, 6) is 0. The minimum atomic E-state index is 1.25. The highest BCUT2D eigenvalue weighted by molar-refractivity contribution is 5.42. The van der Waals surface area contributed by atoms with E-state index in [4.69, 9.17) is 0 Å². The van der Waals surface area contributed by atoms with Crippen molar-refractivity contribution < 1.29 is 0 Å². The topological polar surface area (TPSA) is 0 Å². The summed E-state index contributed by atoms with van der Waals surface area (Å²) in [6.45, 7) is 6.35. The van der Waals surface area contributed by atoms with Gasteiger partial charge in [0.25, 0.3) is 0 Å². The molecule has 1 aliphatic heterocycles. The zero-order valence-electron chi connectivity index (χ0n) is 11.2. The van der Waals surface area contributed by atoms with E-state index in [1.165, 1.54) is 62.6 Å². The van der Waals surface area contributed by atoms with Crippen LogP contribution in [0.2, 0.25) is 0 Å². The van der Waals surface area contributed by atoms with E-state index >= 15 is 0 Å². The van der Waals surface area contributed by atoms with Gasteiger partial charge in [-0.3, -0.25) is 4.48 Å². The Hall–Kier alpha value is -0.820. The molecule has 1 saturated heterocycles. The lowest BCUT2D eigenvalue weighted by atomic mass is 10.0. The SMILES string of the molecule is CCCCC[N+]1(c2ccccc2)CCCCC1. The fourth-order valence-electron chi connectivity index (χ4n) is 3.14. The molecule has 1 fully saturated rings. The summed E-state index contributed by atoms with van der Waals surface area (Å²) >= 11 is 0. The fraction of sp³-hybridized carbons (Fsp3) is 0.625. The highest BCUT2D eigenvalue weighted by Gasteiger charge is 2.31. The summed E-state index contributed by atoms with van der Waals surface area (Å²) in [7, 11) is 0. The Labute approximate surface area is 106 Å². The highest BCUT2D eigenvalue weighted by Crippen LogP contribution is 2.29. The largest absolute Gasteiger partial charge is 0.291 e. The third kappa shape index (κ3) is 3.10. The summed E-state index contributed by atoms with van der Waals surface area (Å²) in [4.78, 5) is 0. The molecule has 0 unspecified atom stereocenters. The number of hydrogen-bond acceptors (Lipinski definition) is 0. The second-order valence-electron chi connectivity index (χ2n) is 5.42. The molecule has 0 N–H and O–H groups in total. The Morgan fingerprint density at radius 3 is 2.29 bits per heavy atom. The molecule has 94 valence electrons. The molecule has 0 atom stereocenters. The fourth-order valence-corrected chi connectivity index (χ4v) is 3.14. The number of rotatable bonds is 5. The molecule has 1 heteroatoms. The van der Waals surface area contributed by atoms with Crippen LogP contribution >= 0.6 is 0 Å². The zero-order valence-corrected chi connectivity index (χ0v) is 11.2. The monoisotopic (exact) mass is 232 g/mol. The summed E-state index contributed by atoms with van der Waals surface area (Å²) in [6, 6.07) is 11.2. The van der Waals surface area contributed by atoms with Gasteiger partial charge < -0.3 is 0 Å². The van der Waals surface area contributed by atoms with Gasteiger partial charge in [0.15, 0.2) is 0 Å². The van der Waals surface area contributed by atoms with Gasteiger partial charge >= 0.3 is 0 Å². The van der Waals surface area contributed by atoms with Crippen molar-refractivity contribution in [3.8, 4) is 0 Å². The molecule has 0 saturated carbocycles. The molecule has 0 radical (unpaired) electrons. The molecule has 0 amide bonds. The van der Waals surface area contributed by atoms with Crippen LogP contribution in [0.25, 0.3) is 0 Å². The van der Waals surface area contributed by atoms with Crippen LogP contribution in [0.1, 0.15) is 45.4 Å². The lowest BCUT2D eigenvalue weighted by Crippen LogP contribution is -2.53. The van der Waals surface area contributed by atoms with Crippen molar-refractivity contribution in [2.75, 3.05) is 19.6 Å². The molecule has 1 heterocycles. The molecule has 0 spiro atoms. The smallest absolute Gasteiger partial charge is 0.132 e. The van der Waals surface area contributed by atoms with E-state index in [1.807, 2.05) is 0 Å². The lowest BCUT2D eigenvalue weighted by Gasteiger charge is -2.41. The lowest BCUT2D eigenvalue weighted by molar-refractivity contribution is 0.224. The van der Waals surface area contributed by atoms with Gasteiger partial charge in [0, 0.05) is 0 Å². The quantitative estimate of drug-likeness (QED) is 0.522. The molecule has 1 aromatic rings. The van der Waals surface area contributed by atoms with Gasteiger partial charge in [-0.2, -0.15) is 0 Å². The Bertz CT molecular complexity index is 312. The van der Waals surface area contributed by atoms with Crippen molar-refractivity contribution >= 4 is 5.69 Å². The average Bonchev–Trinajstić information content (AvgIpc) is 2.41. The third-order valence-corrected chi connectivity index (χ3v) is 4.17. The van der Waals surface area contributed by atoms with Gasteiger partial charge in [-0.05, 0) is 44.2 Å². The van der Waals surface area contributed by atoms with Crippen LogP contribution in [0, 0.1) is 0 Å². The van der Waals surface area contributed by atoms with Crippen LogP contribution in [-0.4, -0.2) is 19.6 Å². The Kier molecular flexibility index (Phi) is 4.61. The molecular formula is C16H26N+. The second-order valence-corrected chi connectivity index (χ2v) is 5.42. The number of piperidine rings is 1. The minimum Gasteiger partial charge on any atom is -0.291 e. The third-order valence-electron chi connectivity index (χ3n) is 4.17. The van der Waals surface area contributed by atoms with Gasteiger partial charge in [-0.1, -0.05) is 31.5 Å². The zero-order chi connectivity index (χ0) is 12.0. The highest BCUT2D eigenvalue weighted by atomic mass is 15.4. The molecule has 1 aromatic carbocycles. The van der Waals surface area contributed by atoms with Crippen molar-refractivity contribution in [3.05, 3.63) is 30.3 Å². The Morgan fingerprint density at radius 1 is 0.941 bits per heavy atom. The van der Waals surface area contributed by atoms with Crippen molar-refractivity contribution in [2.24, 2.45) is 0 Å². The van der Waals surface area contributed by atoms with E-state index < -0.39 is 0 Å². The van der Waals surface area contributed by atoms with E-state index in [-0.39, 0.29) is 0 Å². The Morgan fingerprint density at radius 2 is 1.65 bits per heavy atom. The maximum absolute atomic E-state index is 2.33. The second kappa shape index (κ2) is 6.20. The average molecular weight is 232 g/mol. The first kappa shape index (κ1) is 12.6. The predicted octanol–water partition coefficient (Wildman–Crippen LogP) is 4.37. The van der Waals surface area contributed by atoms with Crippen LogP contribution in [0.15, 0.2) is 30.3 Å². The molecule has 0 aliphatic carbocycles. The molecule has 1 nitrogen and oxygen atoms in total. The Balaban J connectivity index is 2.11. The molecular weight excluding hydrogens is 206 g/mol. The summed E-state index contributed by atoms with van der Waals surface area (Å²) in [5, 5.41) is 0. The first-order chi connectivity index (χ1) is 8.37. The van der Waals surface area contributed by atoms with E-state index in [0.717, 1.165) is 0 Å². The molecule has 0 bridgehead atoms. The number of hydrogen-bond donors (Lipinski definition) is 0. The number of para-hydroxylation sites is 1. The van der Waals surface area contributed by atoms with Crippen LogP contribution in [0.5, 0.6) is 0 Å². The first-order valence-corrected chi connectivity index (χ1v) is 7.29.